The Bertz CT molecular complexity index is 394. The quantitative estimate of drug-likeness (QED) is 0.802. The summed E-state index contributed by atoms with van der Waals surface area (Å²) in [5.74, 6) is 0.717. The minimum Gasteiger partial charge on any atom is -0.298 e. The largest absolute Gasteiger partial charge is 0.298 e. The van der Waals surface area contributed by atoms with Gasteiger partial charge in [0.05, 0.1) is 11.7 Å². The molecule has 1 saturated heterocycles. The lowest BCUT2D eigenvalue weighted by molar-refractivity contribution is 0.0629. The van der Waals surface area contributed by atoms with Crippen LogP contribution in [0.5, 0.6) is 0 Å². The maximum Gasteiger partial charge on any atom is 0.0858 e. The van der Waals surface area contributed by atoms with Crippen molar-refractivity contribution in [2.24, 2.45) is 5.41 Å². The molecule has 0 amide bonds. The Kier molecular flexibility index (Phi) is 2.51. The number of hydrogen-bond donors (Lipinski definition) is 0. The van der Waals surface area contributed by atoms with Gasteiger partial charge in [0.25, 0.3) is 0 Å². The Labute approximate surface area is 103 Å². The summed E-state index contributed by atoms with van der Waals surface area (Å²) in [5.41, 5.74) is 1.60. The predicted molar refractivity (Wildman–Crippen MR) is 66.9 cm³/mol. The maximum atomic E-state index is 4.28. The van der Waals surface area contributed by atoms with Crippen LogP contribution < -0.4 is 0 Å². The van der Waals surface area contributed by atoms with Crippen molar-refractivity contribution in [3.63, 3.8) is 0 Å². The first kappa shape index (κ1) is 11.2. The van der Waals surface area contributed by atoms with Gasteiger partial charge in [-0.15, -0.1) is 5.10 Å². The van der Waals surface area contributed by atoms with Crippen LogP contribution in [-0.2, 0) is 0 Å². The summed E-state index contributed by atoms with van der Waals surface area (Å²) in [6, 6.07) is 0.553. The zero-order valence-electron chi connectivity index (χ0n) is 11.1. The van der Waals surface area contributed by atoms with Crippen LogP contribution in [0.1, 0.15) is 51.3 Å². The predicted octanol–water partition coefficient (Wildman–Crippen LogP) is 2.06. The van der Waals surface area contributed by atoms with Gasteiger partial charge in [0.15, 0.2) is 0 Å². The second-order valence-corrected chi connectivity index (χ2v) is 6.81. The monoisotopic (exact) mass is 234 g/mol. The first-order valence-electron chi connectivity index (χ1n) is 6.65. The SMILES string of the molecule is CC(C)(C)CN1CC(n2cc(C3CC3)nn2)C1. The highest BCUT2D eigenvalue weighted by Crippen LogP contribution is 2.39. The van der Waals surface area contributed by atoms with Crippen LogP contribution in [0.25, 0.3) is 0 Å². The molecule has 0 aromatic carbocycles. The molecule has 2 fully saturated rings. The fourth-order valence-electron chi connectivity index (χ4n) is 2.54. The lowest BCUT2D eigenvalue weighted by Crippen LogP contribution is -2.50. The third kappa shape index (κ3) is 2.51. The van der Waals surface area contributed by atoms with Gasteiger partial charge in [0.1, 0.15) is 0 Å². The zero-order chi connectivity index (χ0) is 12.0. The number of hydrogen-bond acceptors (Lipinski definition) is 3. The minimum atomic E-state index is 0.395. The molecule has 1 aromatic rings. The molecule has 0 bridgehead atoms. The van der Waals surface area contributed by atoms with E-state index in [1.165, 1.54) is 25.1 Å². The molecule has 0 N–H and O–H groups in total. The molecule has 1 saturated carbocycles. The molecule has 0 unspecified atom stereocenters. The topological polar surface area (TPSA) is 34.0 Å². The van der Waals surface area contributed by atoms with E-state index in [0.29, 0.717) is 11.5 Å². The van der Waals surface area contributed by atoms with Gasteiger partial charge in [0.2, 0.25) is 0 Å². The van der Waals surface area contributed by atoms with E-state index in [4.69, 9.17) is 0 Å². The number of rotatable bonds is 3. The fourth-order valence-corrected chi connectivity index (χ4v) is 2.54. The van der Waals surface area contributed by atoms with Gasteiger partial charge in [-0.2, -0.15) is 0 Å². The zero-order valence-corrected chi connectivity index (χ0v) is 11.1. The van der Waals surface area contributed by atoms with E-state index in [2.05, 4.69) is 46.9 Å². The Balaban J connectivity index is 1.54. The van der Waals surface area contributed by atoms with Crippen molar-refractivity contribution < 1.29 is 0 Å². The highest BCUT2D eigenvalue weighted by Gasteiger charge is 2.33. The lowest BCUT2D eigenvalue weighted by atomic mass is 9.93. The summed E-state index contributed by atoms with van der Waals surface area (Å²) < 4.78 is 2.08. The molecule has 2 heterocycles. The molecule has 0 radical (unpaired) electrons. The van der Waals surface area contributed by atoms with E-state index in [-0.39, 0.29) is 0 Å². The molecule has 0 atom stereocenters. The summed E-state index contributed by atoms with van der Waals surface area (Å²) in [6.07, 6.45) is 4.77. The van der Waals surface area contributed by atoms with Crippen molar-refractivity contribution in [2.45, 2.75) is 45.6 Å². The molecule has 4 heteroatoms. The normalized spacial score (nSPS) is 22.8. The molecule has 1 aromatic heterocycles. The van der Waals surface area contributed by atoms with Gasteiger partial charge in [-0.3, -0.25) is 4.90 Å². The second kappa shape index (κ2) is 3.80. The van der Waals surface area contributed by atoms with Gasteiger partial charge >= 0.3 is 0 Å². The highest BCUT2D eigenvalue weighted by molar-refractivity contribution is 5.09. The minimum absolute atomic E-state index is 0.395. The Morgan fingerprint density at radius 2 is 2.00 bits per heavy atom. The highest BCUT2D eigenvalue weighted by atomic mass is 15.5. The van der Waals surface area contributed by atoms with Gasteiger partial charge in [0, 0.05) is 31.7 Å². The summed E-state index contributed by atoms with van der Waals surface area (Å²) in [4.78, 5) is 2.50. The van der Waals surface area contributed by atoms with Crippen molar-refractivity contribution in [3.8, 4) is 0 Å². The van der Waals surface area contributed by atoms with Crippen LogP contribution in [0, 0.1) is 5.41 Å². The van der Waals surface area contributed by atoms with Crippen LogP contribution in [0.4, 0.5) is 0 Å². The average molecular weight is 234 g/mol. The molecular weight excluding hydrogens is 212 g/mol. The van der Waals surface area contributed by atoms with E-state index in [0.717, 1.165) is 19.0 Å². The van der Waals surface area contributed by atoms with Crippen LogP contribution in [-0.4, -0.2) is 39.5 Å². The van der Waals surface area contributed by atoms with Gasteiger partial charge in [-0.25, -0.2) is 4.68 Å². The Morgan fingerprint density at radius 1 is 1.29 bits per heavy atom. The number of aromatic nitrogens is 3. The number of nitrogens with zero attached hydrogens (tertiary/aromatic N) is 4. The van der Waals surface area contributed by atoms with E-state index >= 15 is 0 Å². The smallest absolute Gasteiger partial charge is 0.0858 e. The molecule has 1 aliphatic carbocycles. The van der Waals surface area contributed by atoms with Crippen LogP contribution in [0.15, 0.2) is 6.20 Å². The maximum absolute atomic E-state index is 4.28. The molecule has 1 aliphatic heterocycles. The molecule has 94 valence electrons. The fraction of sp³-hybridized carbons (Fsp3) is 0.846. The lowest BCUT2D eigenvalue weighted by Gasteiger charge is -2.42. The molecule has 17 heavy (non-hydrogen) atoms. The van der Waals surface area contributed by atoms with Crippen LogP contribution in [0.3, 0.4) is 0 Å². The third-order valence-electron chi connectivity index (χ3n) is 3.53. The van der Waals surface area contributed by atoms with E-state index in [9.17, 15) is 0 Å². The Hall–Kier alpha value is -0.900. The van der Waals surface area contributed by atoms with Crippen molar-refractivity contribution >= 4 is 0 Å². The van der Waals surface area contributed by atoms with Crippen LogP contribution >= 0.6 is 0 Å². The van der Waals surface area contributed by atoms with Crippen molar-refractivity contribution in [1.29, 1.82) is 0 Å². The van der Waals surface area contributed by atoms with Crippen molar-refractivity contribution in [1.82, 2.24) is 19.9 Å². The van der Waals surface area contributed by atoms with E-state index in [1.54, 1.807) is 0 Å². The molecule has 4 nitrogen and oxygen atoms in total. The summed E-state index contributed by atoms with van der Waals surface area (Å²) >= 11 is 0. The third-order valence-corrected chi connectivity index (χ3v) is 3.53. The Morgan fingerprint density at radius 3 is 2.59 bits per heavy atom. The van der Waals surface area contributed by atoms with Gasteiger partial charge < -0.3 is 0 Å². The first-order chi connectivity index (χ1) is 8.01. The second-order valence-electron chi connectivity index (χ2n) is 6.81. The molecule has 2 aliphatic rings. The van der Waals surface area contributed by atoms with Crippen molar-refractivity contribution in [3.05, 3.63) is 11.9 Å². The average Bonchev–Trinajstić information content (AvgIpc) is 2.90. The van der Waals surface area contributed by atoms with E-state index in [1.807, 2.05) is 0 Å². The molecular formula is C13H22N4. The van der Waals surface area contributed by atoms with Crippen molar-refractivity contribution in [2.75, 3.05) is 19.6 Å². The van der Waals surface area contributed by atoms with E-state index < -0.39 is 0 Å². The summed E-state index contributed by atoms with van der Waals surface area (Å²) in [5, 5.41) is 8.55. The van der Waals surface area contributed by atoms with Gasteiger partial charge in [-0.1, -0.05) is 26.0 Å². The summed E-state index contributed by atoms with van der Waals surface area (Å²) in [7, 11) is 0. The standard InChI is InChI=1S/C13H22N4/c1-13(2,3)9-16-6-11(7-16)17-8-12(14-15-17)10-4-5-10/h8,10-11H,4-7,9H2,1-3H3. The van der Waals surface area contributed by atoms with Gasteiger partial charge in [-0.05, 0) is 18.3 Å². The molecule has 3 rings (SSSR count). The molecule has 0 spiro atoms. The summed E-state index contributed by atoms with van der Waals surface area (Å²) in [6.45, 7) is 10.3. The first-order valence-corrected chi connectivity index (χ1v) is 6.65. The van der Waals surface area contributed by atoms with Crippen LogP contribution in [0.2, 0.25) is 0 Å². The number of likely N-dealkylation sites (tertiary alicyclic amines) is 1.